The molecule has 0 spiro atoms. The SMILES string of the molecule is Oc1ccc(/C=N\Nc2nc(-c3ccccc3)c(-c3ccccc3)s2)cc1. The number of nitrogens with one attached hydrogen (secondary N) is 1. The van der Waals surface area contributed by atoms with Gasteiger partial charge in [0.15, 0.2) is 0 Å². The van der Waals surface area contributed by atoms with Crippen LogP contribution in [0.25, 0.3) is 21.7 Å². The Morgan fingerprint density at radius 1 is 0.815 bits per heavy atom. The van der Waals surface area contributed by atoms with E-state index in [4.69, 9.17) is 4.98 Å². The molecule has 4 aromatic rings. The molecule has 4 nitrogen and oxygen atoms in total. The molecule has 3 aromatic carbocycles. The van der Waals surface area contributed by atoms with E-state index in [0.29, 0.717) is 0 Å². The van der Waals surface area contributed by atoms with Crippen LogP contribution in [0.5, 0.6) is 5.75 Å². The number of rotatable bonds is 5. The molecule has 0 radical (unpaired) electrons. The van der Waals surface area contributed by atoms with Gasteiger partial charge in [-0.2, -0.15) is 5.10 Å². The van der Waals surface area contributed by atoms with Gasteiger partial charge in [0.25, 0.3) is 0 Å². The number of phenolic OH excluding ortho intramolecular Hbond substituents is 1. The lowest BCUT2D eigenvalue weighted by Gasteiger charge is -2.02. The maximum absolute atomic E-state index is 9.34. The number of hydrogen-bond acceptors (Lipinski definition) is 5. The van der Waals surface area contributed by atoms with E-state index in [1.54, 1.807) is 41.8 Å². The van der Waals surface area contributed by atoms with Crippen LogP contribution in [-0.2, 0) is 0 Å². The standard InChI is InChI=1S/C22H17N3OS/c26-19-13-11-16(12-14-19)15-23-25-22-24-20(17-7-3-1-4-8-17)21(27-22)18-9-5-2-6-10-18/h1-15,26H,(H,24,25)/b23-15-. The second-order valence-corrected chi connectivity index (χ2v) is 6.89. The van der Waals surface area contributed by atoms with Gasteiger partial charge >= 0.3 is 0 Å². The average molecular weight is 371 g/mol. The number of benzene rings is 3. The molecule has 27 heavy (non-hydrogen) atoms. The molecule has 0 saturated carbocycles. The molecule has 0 unspecified atom stereocenters. The summed E-state index contributed by atoms with van der Waals surface area (Å²) in [5, 5.41) is 14.3. The molecule has 0 aliphatic rings. The topological polar surface area (TPSA) is 57.5 Å². The Hall–Kier alpha value is -3.44. The number of aromatic hydroxyl groups is 1. The van der Waals surface area contributed by atoms with Crippen molar-refractivity contribution in [1.82, 2.24) is 4.98 Å². The minimum Gasteiger partial charge on any atom is -0.508 e. The summed E-state index contributed by atoms with van der Waals surface area (Å²) in [6, 6.07) is 27.2. The van der Waals surface area contributed by atoms with Crippen LogP contribution in [0.15, 0.2) is 90.0 Å². The van der Waals surface area contributed by atoms with Gasteiger partial charge in [-0.15, -0.1) is 0 Å². The van der Waals surface area contributed by atoms with E-state index in [2.05, 4.69) is 34.8 Å². The molecule has 0 atom stereocenters. The lowest BCUT2D eigenvalue weighted by molar-refractivity contribution is 0.475. The van der Waals surface area contributed by atoms with Gasteiger partial charge in [-0.3, -0.25) is 5.43 Å². The highest BCUT2D eigenvalue weighted by atomic mass is 32.1. The van der Waals surface area contributed by atoms with Gasteiger partial charge in [0, 0.05) is 5.56 Å². The van der Waals surface area contributed by atoms with E-state index in [1.807, 2.05) is 36.4 Å². The van der Waals surface area contributed by atoms with E-state index >= 15 is 0 Å². The van der Waals surface area contributed by atoms with E-state index < -0.39 is 0 Å². The largest absolute Gasteiger partial charge is 0.508 e. The second kappa shape index (κ2) is 7.85. The predicted molar refractivity (Wildman–Crippen MR) is 112 cm³/mol. The smallest absolute Gasteiger partial charge is 0.204 e. The molecule has 1 aromatic heterocycles. The van der Waals surface area contributed by atoms with Crippen molar-refractivity contribution in [2.75, 3.05) is 5.43 Å². The predicted octanol–water partition coefficient (Wildman–Crippen LogP) is 5.63. The molecule has 0 aliphatic heterocycles. The van der Waals surface area contributed by atoms with Gasteiger partial charge < -0.3 is 5.11 Å². The van der Waals surface area contributed by atoms with Gasteiger partial charge in [-0.05, 0) is 35.4 Å². The third-order valence-electron chi connectivity index (χ3n) is 3.98. The number of nitrogens with zero attached hydrogens (tertiary/aromatic N) is 2. The molecule has 0 bridgehead atoms. The van der Waals surface area contributed by atoms with Crippen molar-refractivity contribution < 1.29 is 5.11 Å². The quantitative estimate of drug-likeness (QED) is 0.353. The van der Waals surface area contributed by atoms with Crippen LogP contribution in [0, 0.1) is 0 Å². The summed E-state index contributed by atoms with van der Waals surface area (Å²) in [4.78, 5) is 5.86. The summed E-state index contributed by atoms with van der Waals surface area (Å²) in [5.41, 5.74) is 7.05. The van der Waals surface area contributed by atoms with Gasteiger partial charge in [-0.1, -0.05) is 72.0 Å². The summed E-state index contributed by atoms with van der Waals surface area (Å²) in [6.45, 7) is 0. The minimum absolute atomic E-state index is 0.236. The number of hydrogen-bond donors (Lipinski definition) is 2. The number of aromatic nitrogens is 1. The summed E-state index contributed by atoms with van der Waals surface area (Å²) in [5.74, 6) is 0.236. The third kappa shape index (κ3) is 4.04. The molecule has 0 amide bonds. The molecular weight excluding hydrogens is 354 g/mol. The fourth-order valence-electron chi connectivity index (χ4n) is 2.67. The Labute approximate surface area is 161 Å². The minimum atomic E-state index is 0.236. The van der Waals surface area contributed by atoms with Gasteiger partial charge in [-0.25, -0.2) is 4.98 Å². The Balaban J connectivity index is 1.64. The zero-order valence-electron chi connectivity index (χ0n) is 14.4. The monoisotopic (exact) mass is 371 g/mol. The second-order valence-electron chi connectivity index (χ2n) is 5.89. The highest BCUT2D eigenvalue weighted by Crippen LogP contribution is 2.38. The first kappa shape index (κ1) is 17.0. The molecule has 132 valence electrons. The summed E-state index contributed by atoms with van der Waals surface area (Å²) in [7, 11) is 0. The van der Waals surface area contributed by atoms with Crippen LogP contribution in [0.4, 0.5) is 5.13 Å². The van der Waals surface area contributed by atoms with E-state index in [-0.39, 0.29) is 5.75 Å². The van der Waals surface area contributed by atoms with E-state index in [0.717, 1.165) is 32.4 Å². The zero-order chi connectivity index (χ0) is 18.5. The average Bonchev–Trinajstić information content (AvgIpc) is 3.15. The Kier molecular flexibility index (Phi) is 4.94. The maximum Gasteiger partial charge on any atom is 0.204 e. The Morgan fingerprint density at radius 2 is 1.44 bits per heavy atom. The number of anilines is 1. The van der Waals surface area contributed by atoms with Gasteiger partial charge in [0.2, 0.25) is 5.13 Å². The first-order valence-corrected chi connectivity index (χ1v) is 9.31. The van der Waals surface area contributed by atoms with Crippen molar-refractivity contribution in [2.45, 2.75) is 0 Å². The molecule has 2 N–H and O–H groups in total. The third-order valence-corrected chi connectivity index (χ3v) is 4.99. The zero-order valence-corrected chi connectivity index (χ0v) is 15.2. The van der Waals surface area contributed by atoms with Crippen LogP contribution >= 0.6 is 11.3 Å². The van der Waals surface area contributed by atoms with Gasteiger partial charge in [0.05, 0.1) is 16.8 Å². The summed E-state index contributed by atoms with van der Waals surface area (Å²) >= 11 is 1.57. The van der Waals surface area contributed by atoms with Crippen molar-refractivity contribution in [3.05, 3.63) is 90.5 Å². The van der Waals surface area contributed by atoms with Crippen LogP contribution in [0.3, 0.4) is 0 Å². The molecule has 0 aliphatic carbocycles. The fraction of sp³-hybridized carbons (Fsp3) is 0. The first-order chi connectivity index (χ1) is 13.3. The molecule has 0 fully saturated rings. The normalized spacial score (nSPS) is 11.0. The first-order valence-electron chi connectivity index (χ1n) is 8.49. The van der Waals surface area contributed by atoms with Crippen molar-refractivity contribution in [2.24, 2.45) is 5.10 Å². The van der Waals surface area contributed by atoms with Crippen molar-refractivity contribution in [3.63, 3.8) is 0 Å². The molecule has 4 rings (SSSR count). The van der Waals surface area contributed by atoms with Crippen LogP contribution in [0.2, 0.25) is 0 Å². The molecule has 1 heterocycles. The fourth-order valence-corrected chi connectivity index (χ4v) is 3.61. The molecule has 0 saturated heterocycles. The van der Waals surface area contributed by atoms with E-state index in [9.17, 15) is 5.11 Å². The van der Waals surface area contributed by atoms with Gasteiger partial charge in [0.1, 0.15) is 5.75 Å². The summed E-state index contributed by atoms with van der Waals surface area (Å²) in [6.07, 6.45) is 1.70. The Morgan fingerprint density at radius 3 is 2.11 bits per heavy atom. The summed E-state index contributed by atoms with van der Waals surface area (Å²) < 4.78 is 0. The number of thiazole rings is 1. The highest BCUT2D eigenvalue weighted by molar-refractivity contribution is 7.19. The lowest BCUT2D eigenvalue weighted by atomic mass is 10.1. The van der Waals surface area contributed by atoms with E-state index in [1.165, 1.54) is 0 Å². The van der Waals surface area contributed by atoms with Crippen molar-refractivity contribution in [3.8, 4) is 27.4 Å². The molecular formula is C22H17N3OS. The maximum atomic E-state index is 9.34. The van der Waals surface area contributed by atoms with Crippen LogP contribution in [-0.4, -0.2) is 16.3 Å². The number of phenols is 1. The van der Waals surface area contributed by atoms with Crippen LogP contribution < -0.4 is 5.43 Å². The number of hydrazone groups is 1. The van der Waals surface area contributed by atoms with Crippen molar-refractivity contribution in [1.29, 1.82) is 0 Å². The lowest BCUT2D eigenvalue weighted by Crippen LogP contribution is -1.90. The Bertz CT molecular complexity index is 985. The van der Waals surface area contributed by atoms with Crippen LogP contribution in [0.1, 0.15) is 5.56 Å². The molecule has 5 heteroatoms. The van der Waals surface area contributed by atoms with Crippen molar-refractivity contribution >= 4 is 22.7 Å². The highest BCUT2D eigenvalue weighted by Gasteiger charge is 2.14.